The molecule has 1 saturated heterocycles. The summed E-state index contributed by atoms with van der Waals surface area (Å²) >= 11 is 0. The van der Waals surface area contributed by atoms with Gasteiger partial charge in [-0.15, -0.1) is 0 Å². The molecule has 128 valence electrons. The number of carbonyl (C=O) groups excluding carboxylic acids is 1. The highest BCUT2D eigenvalue weighted by Crippen LogP contribution is 2.27. The Balaban J connectivity index is 1.47. The zero-order valence-electron chi connectivity index (χ0n) is 13.4. The Morgan fingerprint density at radius 1 is 1.22 bits per heavy atom. The van der Waals surface area contributed by atoms with Crippen LogP contribution in [0.4, 0.5) is 5.82 Å². The van der Waals surface area contributed by atoms with E-state index in [4.69, 9.17) is 0 Å². The van der Waals surface area contributed by atoms with Crippen molar-refractivity contribution in [3.05, 3.63) is 11.8 Å². The smallest absolute Gasteiger partial charge is 0.225 e. The number of hydrogen-bond donors (Lipinski definition) is 2. The summed E-state index contributed by atoms with van der Waals surface area (Å²) in [5, 5.41) is 9.93. The lowest BCUT2D eigenvalue weighted by atomic mass is 9.86. The van der Waals surface area contributed by atoms with Crippen molar-refractivity contribution in [3.8, 4) is 0 Å². The molecule has 0 spiro atoms. The highest BCUT2D eigenvalue weighted by molar-refractivity contribution is 7.91. The third-order valence-electron chi connectivity index (χ3n) is 4.93. The molecule has 2 aliphatic rings. The van der Waals surface area contributed by atoms with Gasteiger partial charge in [-0.3, -0.25) is 9.89 Å². The molecule has 0 radical (unpaired) electrons. The third kappa shape index (κ3) is 4.80. The van der Waals surface area contributed by atoms with E-state index in [-0.39, 0.29) is 29.8 Å². The van der Waals surface area contributed by atoms with Crippen LogP contribution in [0.5, 0.6) is 0 Å². The number of nitrogens with one attached hydrogen (secondary N) is 2. The summed E-state index contributed by atoms with van der Waals surface area (Å²) in [5.41, 5.74) is 1.07. The Morgan fingerprint density at radius 3 is 2.70 bits per heavy atom. The van der Waals surface area contributed by atoms with Crippen LogP contribution in [0, 0.1) is 11.8 Å². The van der Waals surface area contributed by atoms with E-state index in [2.05, 4.69) is 15.5 Å². The van der Waals surface area contributed by atoms with Crippen molar-refractivity contribution < 1.29 is 13.2 Å². The van der Waals surface area contributed by atoms with Gasteiger partial charge in [0.1, 0.15) is 0 Å². The lowest BCUT2D eigenvalue weighted by molar-refractivity contribution is -0.116. The van der Waals surface area contributed by atoms with E-state index in [1.54, 1.807) is 0 Å². The molecule has 6 nitrogen and oxygen atoms in total. The van der Waals surface area contributed by atoms with Gasteiger partial charge in [0.05, 0.1) is 11.5 Å². The number of aromatic amines is 1. The Bertz CT molecular complexity index is 647. The zero-order chi connectivity index (χ0) is 16.3. The number of hydrogen-bond acceptors (Lipinski definition) is 4. The van der Waals surface area contributed by atoms with Gasteiger partial charge in [0.25, 0.3) is 0 Å². The second-order valence-corrected chi connectivity index (χ2v) is 9.24. The first-order chi connectivity index (χ1) is 11.0. The molecule has 1 aromatic rings. The Morgan fingerprint density at radius 2 is 2.00 bits per heavy atom. The van der Waals surface area contributed by atoms with Crippen LogP contribution in [0.1, 0.15) is 50.6 Å². The number of aromatic nitrogens is 2. The van der Waals surface area contributed by atoms with Crippen molar-refractivity contribution >= 4 is 21.6 Å². The molecule has 3 rings (SSSR count). The molecule has 1 amide bonds. The van der Waals surface area contributed by atoms with Crippen molar-refractivity contribution in [2.75, 3.05) is 16.8 Å². The first-order valence-corrected chi connectivity index (χ1v) is 10.4. The second-order valence-electron chi connectivity index (χ2n) is 7.01. The van der Waals surface area contributed by atoms with Gasteiger partial charge in [-0.1, -0.05) is 32.1 Å². The van der Waals surface area contributed by atoms with Gasteiger partial charge in [0.2, 0.25) is 5.91 Å². The average molecular weight is 339 g/mol. The van der Waals surface area contributed by atoms with E-state index in [0.717, 1.165) is 18.0 Å². The summed E-state index contributed by atoms with van der Waals surface area (Å²) in [6, 6.07) is 1.90. The lowest BCUT2D eigenvalue weighted by Gasteiger charge is -2.20. The van der Waals surface area contributed by atoms with Crippen molar-refractivity contribution in [2.24, 2.45) is 11.8 Å². The summed E-state index contributed by atoms with van der Waals surface area (Å²) in [4.78, 5) is 12.0. The van der Waals surface area contributed by atoms with Gasteiger partial charge in [0.15, 0.2) is 15.7 Å². The number of carbonyl (C=O) groups is 1. The first-order valence-electron chi connectivity index (χ1n) is 8.55. The quantitative estimate of drug-likeness (QED) is 0.861. The molecule has 23 heavy (non-hydrogen) atoms. The second kappa shape index (κ2) is 7.03. The molecular formula is C16H25N3O3S. The summed E-state index contributed by atoms with van der Waals surface area (Å²) < 4.78 is 22.8. The molecule has 0 aromatic carbocycles. The number of nitrogens with zero attached hydrogens (tertiary/aromatic N) is 1. The monoisotopic (exact) mass is 339 g/mol. The number of sulfone groups is 1. The van der Waals surface area contributed by atoms with E-state index in [0.29, 0.717) is 12.2 Å². The summed E-state index contributed by atoms with van der Waals surface area (Å²) in [6.45, 7) is 0. The maximum Gasteiger partial charge on any atom is 0.225 e. The SMILES string of the molecule is O=C(C[C@H]1CCS(=O)(=O)C1)Nc1cc(CC2CCCCC2)[nH]n1. The van der Waals surface area contributed by atoms with Crippen molar-refractivity contribution in [1.82, 2.24) is 10.2 Å². The van der Waals surface area contributed by atoms with Crippen LogP contribution in [0.25, 0.3) is 0 Å². The van der Waals surface area contributed by atoms with E-state index in [1.807, 2.05) is 6.07 Å². The van der Waals surface area contributed by atoms with Crippen LogP contribution in [-0.2, 0) is 21.1 Å². The maximum atomic E-state index is 12.0. The minimum atomic E-state index is -2.93. The topological polar surface area (TPSA) is 91.9 Å². The fraction of sp³-hybridized carbons (Fsp3) is 0.750. The van der Waals surface area contributed by atoms with Crippen LogP contribution >= 0.6 is 0 Å². The lowest BCUT2D eigenvalue weighted by Crippen LogP contribution is -2.17. The molecule has 7 heteroatoms. The summed E-state index contributed by atoms with van der Waals surface area (Å²) in [6.07, 6.45) is 8.35. The van der Waals surface area contributed by atoms with Crippen molar-refractivity contribution in [2.45, 2.75) is 51.4 Å². The normalized spacial score (nSPS) is 24.6. The third-order valence-corrected chi connectivity index (χ3v) is 6.77. The fourth-order valence-electron chi connectivity index (χ4n) is 3.72. The molecule has 1 aromatic heterocycles. The van der Waals surface area contributed by atoms with Crippen LogP contribution in [0.3, 0.4) is 0 Å². The molecular weight excluding hydrogens is 314 g/mol. The van der Waals surface area contributed by atoms with E-state index < -0.39 is 9.84 Å². The van der Waals surface area contributed by atoms with Gasteiger partial charge in [-0.2, -0.15) is 5.10 Å². The molecule has 2 heterocycles. The first kappa shape index (κ1) is 16.5. The summed E-state index contributed by atoms with van der Waals surface area (Å²) in [5.74, 6) is 1.40. The molecule has 1 saturated carbocycles. The van der Waals surface area contributed by atoms with Gasteiger partial charge >= 0.3 is 0 Å². The van der Waals surface area contributed by atoms with Crippen molar-refractivity contribution in [3.63, 3.8) is 0 Å². The van der Waals surface area contributed by atoms with Gasteiger partial charge in [0, 0.05) is 18.2 Å². The molecule has 1 aliphatic carbocycles. The molecule has 0 bridgehead atoms. The molecule has 1 atom stereocenters. The van der Waals surface area contributed by atoms with Crippen LogP contribution in [0.15, 0.2) is 6.07 Å². The predicted molar refractivity (Wildman–Crippen MR) is 88.9 cm³/mol. The fourth-order valence-corrected chi connectivity index (χ4v) is 5.58. The molecule has 2 fully saturated rings. The highest BCUT2D eigenvalue weighted by Gasteiger charge is 2.29. The minimum absolute atomic E-state index is 0.0550. The molecule has 0 unspecified atom stereocenters. The van der Waals surface area contributed by atoms with E-state index in [1.165, 1.54) is 32.1 Å². The Hall–Kier alpha value is -1.37. The standard InChI is InChI=1S/C16H25N3O3S/c20-16(9-13-6-7-23(21,22)11-13)17-15-10-14(18-19-15)8-12-4-2-1-3-5-12/h10,12-13H,1-9,11H2,(H2,17,18,19,20)/t13-/m1/s1. The number of H-pyrrole nitrogens is 1. The van der Waals surface area contributed by atoms with Gasteiger partial charge in [-0.05, 0) is 24.7 Å². The van der Waals surface area contributed by atoms with Gasteiger partial charge < -0.3 is 5.32 Å². The minimum Gasteiger partial charge on any atom is -0.309 e. The maximum absolute atomic E-state index is 12.0. The zero-order valence-corrected chi connectivity index (χ0v) is 14.2. The van der Waals surface area contributed by atoms with Crippen LogP contribution < -0.4 is 5.32 Å². The molecule has 1 aliphatic heterocycles. The predicted octanol–water partition coefficient (Wildman–Crippen LogP) is 2.30. The van der Waals surface area contributed by atoms with E-state index in [9.17, 15) is 13.2 Å². The number of anilines is 1. The van der Waals surface area contributed by atoms with Gasteiger partial charge in [-0.25, -0.2) is 8.42 Å². The number of rotatable bonds is 5. The number of amides is 1. The largest absolute Gasteiger partial charge is 0.309 e. The highest BCUT2D eigenvalue weighted by atomic mass is 32.2. The Labute approximate surface area is 137 Å². The van der Waals surface area contributed by atoms with Crippen molar-refractivity contribution in [1.29, 1.82) is 0 Å². The average Bonchev–Trinajstić information content (AvgIpc) is 3.06. The summed E-state index contributed by atoms with van der Waals surface area (Å²) in [7, 11) is -2.93. The molecule has 2 N–H and O–H groups in total. The van der Waals surface area contributed by atoms with Crippen LogP contribution in [0.2, 0.25) is 0 Å². The Kier molecular flexibility index (Phi) is 5.04. The van der Waals surface area contributed by atoms with Crippen LogP contribution in [-0.4, -0.2) is 36.0 Å². The van der Waals surface area contributed by atoms with E-state index >= 15 is 0 Å².